The van der Waals surface area contributed by atoms with Gasteiger partial charge in [-0.1, -0.05) is 30.3 Å². The molecular formula is C14H14F6N2O. The molecule has 1 aromatic carbocycles. The summed E-state index contributed by atoms with van der Waals surface area (Å²) < 4.78 is 78.5. The number of hydrogen-bond acceptors (Lipinski definition) is 2. The summed E-state index contributed by atoms with van der Waals surface area (Å²) in [6.07, 6.45) is -12.1. The molecule has 2 N–H and O–H groups in total. The fourth-order valence-corrected chi connectivity index (χ4v) is 2.87. The summed E-state index contributed by atoms with van der Waals surface area (Å²) >= 11 is 0. The fraction of sp³-hybridized carbons (Fsp3) is 0.500. The number of carbonyl (C=O) groups is 1. The zero-order valence-corrected chi connectivity index (χ0v) is 11.8. The third-order valence-electron chi connectivity index (χ3n) is 4.13. The van der Waals surface area contributed by atoms with Crippen molar-refractivity contribution in [2.75, 3.05) is 13.1 Å². The van der Waals surface area contributed by atoms with Crippen molar-refractivity contribution in [2.45, 2.75) is 24.8 Å². The van der Waals surface area contributed by atoms with E-state index in [9.17, 15) is 31.1 Å². The molecule has 1 atom stereocenters. The molecule has 1 heterocycles. The summed E-state index contributed by atoms with van der Waals surface area (Å²) in [4.78, 5) is 12.5. The van der Waals surface area contributed by atoms with Crippen LogP contribution in [0.2, 0.25) is 0 Å². The van der Waals surface area contributed by atoms with Crippen molar-refractivity contribution in [2.24, 2.45) is 11.1 Å². The molecule has 9 heteroatoms. The van der Waals surface area contributed by atoms with E-state index in [0.29, 0.717) is 0 Å². The van der Waals surface area contributed by atoms with Gasteiger partial charge in [0, 0.05) is 13.1 Å². The van der Waals surface area contributed by atoms with E-state index in [4.69, 9.17) is 5.73 Å². The summed E-state index contributed by atoms with van der Waals surface area (Å²) in [6.45, 7) is -1.87. The number of primary amides is 1. The Balaban J connectivity index is 2.38. The average Bonchev–Trinajstić information content (AvgIpc) is 2.85. The van der Waals surface area contributed by atoms with Gasteiger partial charge in [-0.05, 0) is 12.0 Å². The summed E-state index contributed by atoms with van der Waals surface area (Å²) in [5.41, 5.74) is 1.63. The number of rotatable bonds is 3. The van der Waals surface area contributed by atoms with Crippen molar-refractivity contribution in [1.82, 2.24) is 4.90 Å². The van der Waals surface area contributed by atoms with Crippen molar-refractivity contribution >= 4 is 5.91 Å². The Bertz CT molecular complexity index is 555. The molecule has 0 aromatic heterocycles. The second kappa shape index (κ2) is 5.70. The molecule has 3 nitrogen and oxygen atoms in total. The molecule has 0 saturated carbocycles. The predicted octanol–water partition coefficient (Wildman–Crippen LogP) is 3.03. The summed E-state index contributed by atoms with van der Waals surface area (Å²) in [5, 5.41) is 0. The first-order valence-corrected chi connectivity index (χ1v) is 6.71. The van der Waals surface area contributed by atoms with Crippen molar-refractivity contribution in [3.05, 3.63) is 35.9 Å². The molecule has 1 saturated heterocycles. The van der Waals surface area contributed by atoms with Crippen molar-refractivity contribution in [3.63, 3.8) is 0 Å². The fourth-order valence-electron chi connectivity index (χ4n) is 2.87. The lowest BCUT2D eigenvalue weighted by Crippen LogP contribution is -2.52. The van der Waals surface area contributed by atoms with Gasteiger partial charge in [0.2, 0.25) is 5.91 Å². The van der Waals surface area contributed by atoms with Crippen LogP contribution in [0.1, 0.15) is 18.0 Å². The number of hydrogen-bond donors (Lipinski definition) is 1. The van der Waals surface area contributed by atoms with Crippen LogP contribution in [0.15, 0.2) is 30.3 Å². The van der Waals surface area contributed by atoms with Crippen LogP contribution in [0.25, 0.3) is 0 Å². The molecular weight excluding hydrogens is 326 g/mol. The van der Waals surface area contributed by atoms with Crippen molar-refractivity contribution < 1.29 is 31.1 Å². The molecule has 1 fully saturated rings. The van der Waals surface area contributed by atoms with Crippen LogP contribution in [-0.2, 0) is 4.79 Å². The first kappa shape index (κ1) is 17.6. The minimum atomic E-state index is -5.46. The van der Waals surface area contributed by atoms with E-state index in [1.54, 1.807) is 6.07 Å². The molecule has 1 amide bonds. The standard InChI is InChI=1S/C14H14F6N2O/c15-13(16,17)12(14(18,19)20)6-7-22(8-12)10(11(21)23)9-4-2-1-3-5-9/h1-5,10H,6-8H2,(H2,21,23)/t10-/m0/s1. The van der Waals surface area contributed by atoms with Gasteiger partial charge in [0.25, 0.3) is 0 Å². The Labute approximate surface area is 128 Å². The molecule has 2 rings (SSSR count). The SMILES string of the molecule is NC(=O)[C@H](c1ccccc1)N1CCC(C(F)(F)F)(C(F)(F)F)C1. The highest BCUT2D eigenvalue weighted by atomic mass is 19.4. The molecule has 23 heavy (non-hydrogen) atoms. The smallest absolute Gasteiger partial charge is 0.368 e. The number of halogens is 6. The van der Waals surface area contributed by atoms with Crippen LogP contribution in [0.4, 0.5) is 26.3 Å². The van der Waals surface area contributed by atoms with Crippen LogP contribution < -0.4 is 5.73 Å². The molecule has 1 aliphatic rings. The Morgan fingerprint density at radius 1 is 1.09 bits per heavy atom. The second-order valence-corrected chi connectivity index (χ2v) is 5.51. The van der Waals surface area contributed by atoms with Gasteiger partial charge in [-0.3, -0.25) is 9.69 Å². The summed E-state index contributed by atoms with van der Waals surface area (Å²) in [5.74, 6) is -0.989. The van der Waals surface area contributed by atoms with Gasteiger partial charge >= 0.3 is 12.4 Å². The maximum Gasteiger partial charge on any atom is 0.404 e. The highest BCUT2D eigenvalue weighted by Gasteiger charge is 2.72. The Hall–Kier alpha value is -1.77. The zero-order chi connectivity index (χ0) is 17.5. The van der Waals surface area contributed by atoms with Crippen LogP contribution in [-0.4, -0.2) is 36.2 Å². The average molecular weight is 340 g/mol. The van der Waals surface area contributed by atoms with Gasteiger partial charge in [0.15, 0.2) is 5.41 Å². The Morgan fingerprint density at radius 3 is 2.00 bits per heavy atom. The third kappa shape index (κ3) is 3.01. The lowest BCUT2D eigenvalue weighted by atomic mass is 9.85. The highest BCUT2D eigenvalue weighted by molar-refractivity contribution is 5.81. The normalized spacial score (nSPS) is 20.4. The Kier molecular flexibility index (Phi) is 4.36. The molecule has 128 valence electrons. The highest BCUT2D eigenvalue weighted by Crippen LogP contribution is 2.56. The molecule has 1 aliphatic heterocycles. The first-order chi connectivity index (χ1) is 10.5. The van der Waals surface area contributed by atoms with Crippen LogP contribution >= 0.6 is 0 Å². The van der Waals surface area contributed by atoms with E-state index >= 15 is 0 Å². The van der Waals surface area contributed by atoms with E-state index in [2.05, 4.69) is 0 Å². The quantitative estimate of drug-likeness (QED) is 0.860. The van der Waals surface area contributed by atoms with Gasteiger partial charge < -0.3 is 5.73 Å². The maximum absolute atomic E-state index is 13.1. The minimum absolute atomic E-state index is 0.264. The molecule has 1 aromatic rings. The number of amides is 1. The minimum Gasteiger partial charge on any atom is -0.368 e. The largest absolute Gasteiger partial charge is 0.404 e. The molecule has 0 radical (unpaired) electrons. The number of alkyl halides is 6. The van der Waals surface area contributed by atoms with Crippen molar-refractivity contribution in [1.29, 1.82) is 0 Å². The van der Waals surface area contributed by atoms with Crippen molar-refractivity contribution in [3.8, 4) is 0 Å². The third-order valence-corrected chi connectivity index (χ3v) is 4.13. The van der Waals surface area contributed by atoms with Gasteiger partial charge in [-0.2, -0.15) is 26.3 Å². The van der Waals surface area contributed by atoms with Crippen LogP contribution in [0, 0.1) is 5.41 Å². The molecule has 0 bridgehead atoms. The predicted molar refractivity (Wildman–Crippen MR) is 69.1 cm³/mol. The van der Waals surface area contributed by atoms with Gasteiger partial charge in [-0.25, -0.2) is 0 Å². The zero-order valence-electron chi connectivity index (χ0n) is 11.8. The van der Waals surface area contributed by atoms with E-state index in [-0.39, 0.29) is 5.56 Å². The Morgan fingerprint density at radius 2 is 1.61 bits per heavy atom. The second-order valence-electron chi connectivity index (χ2n) is 5.51. The van der Waals surface area contributed by atoms with Crippen LogP contribution in [0.3, 0.4) is 0 Å². The number of likely N-dealkylation sites (tertiary alicyclic amines) is 1. The number of carbonyl (C=O) groups excluding carboxylic acids is 1. The summed E-state index contributed by atoms with van der Waals surface area (Å²) in [6, 6.07) is 6.22. The molecule has 0 unspecified atom stereocenters. The molecule has 0 aliphatic carbocycles. The monoisotopic (exact) mass is 340 g/mol. The first-order valence-electron chi connectivity index (χ1n) is 6.71. The topological polar surface area (TPSA) is 46.3 Å². The van der Waals surface area contributed by atoms with E-state index in [1.165, 1.54) is 24.3 Å². The molecule has 0 spiro atoms. The van der Waals surface area contributed by atoms with E-state index in [1.807, 2.05) is 0 Å². The van der Waals surface area contributed by atoms with E-state index in [0.717, 1.165) is 4.90 Å². The van der Waals surface area contributed by atoms with E-state index < -0.39 is 49.2 Å². The van der Waals surface area contributed by atoms with Gasteiger partial charge in [0.05, 0.1) is 0 Å². The number of nitrogens with zero attached hydrogens (tertiary/aromatic N) is 1. The number of benzene rings is 1. The summed E-state index contributed by atoms with van der Waals surface area (Å²) in [7, 11) is 0. The van der Waals surface area contributed by atoms with Gasteiger partial charge in [0.1, 0.15) is 6.04 Å². The lowest BCUT2D eigenvalue weighted by molar-refractivity contribution is -0.335. The number of nitrogens with two attached hydrogens (primary N) is 1. The maximum atomic E-state index is 13.1. The van der Waals surface area contributed by atoms with Crippen LogP contribution in [0.5, 0.6) is 0 Å². The van der Waals surface area contributed by atoms with Gasteiger partial charge in [-0.15, -0.1) is 0 Å². The lowest BCUT2D eigenvalue weighted by Gasteiger charge is -2.34.